The van der Waals surface area contributed by atoms with E-state index in [2.05, 4.69) is 11.4 Å². The Bertz CT molecular complexity index is 576. The average Bonchev–Trinajstić information content (AvgIpc) is 2.86. The number of benzene rings is 1. The van der Waals surface area contributed by atoms with Crippen LogP contribution in [-0.4, -0.2) is 36.9 Å². The van der Waals surface area contributed by atoms with Gasteiger partial charge in [-0.2, -0.15) is 0 Å². The van der Waals surface area contributed by atoms with E-state index in [0.717, 1.165) is 18.7 Å². The lowest BCUT2D eigenvalue weighted by Crippen LogP contribution is -2.32. The Labute approximate surface area is 129 Å². The van der Waals surface area contributed by atoms with Gasteiger partial charge < -0.3 is 14.8 Å². The molecule has 1 unspecified atom stereocenters. The molecule has 0 radical (unpaired) electrons. The van der Waals surface area contributed by atoms with E-state index in [0.29, 0.717) is 24.7 Å². The minimum Gasteiger partial charge on any atom is -0.442 e. The Morgan fingerprint density at radius 1 is 1.48 bits per heavy atom. The van der Waals surface area contributed by atoms with Crippen LogP contribution in [0.15, 0.2) is 18.2 Å². The first kappa shape index (κ1) is 14.3. The maximum Gasteiger partial charge on any atom is 0.414 e. The van der Waals surface area contributed by atoms with Crippen molar-refractivity contribution in [2.75, 3.05) is 24.6 Å². The highest BCUT2D eigenvalue weighted by Gasteiger charge is 2.32. The molecule has 0 aromatic heterocycles. The summed E-state index contributed by atoms with van der Waals surface area (Å²) in [5.74, 6) is 0. The highest BCUT2D eigenvalue weighted by Crippen LogP contribution is 2.26. The Hall–Kier alpha value is -1.66. The van der Waals surface area contributed by atoms with Gasteiger partial charge in [0, 0.05) is 5.69 Å². The third kappa shape index (κ3) is 3.16. The van der Waals surface area contributed by atoms with E-state index >= 15 is 0 Å². The van der Waals surface area contributed by atoms with Crippen molar-refractivity contribution < 1.29 is 14.3 Å². The number of nitrogens with one attached hydrogen (secondary N) is 1. The van der Waals surface area contributed by atoms with Crippen LogP contribution in [0.4, 0.5) is 10.5 Å². The summed E-state index contributed by atoms with van der Waals surface area (Å²) in [6.45, 7) is 4.30. The van der Waals surface area contributed by atoms with Crippen LogP contribution in [0.1, 0.15) is 18.1 Å². The molecular weight excluding hydrogens is 288 g/mol. The van der Waals surface area contributed by atoms with E-state index in [9.17, 15) is 4.79 Å². The number of anilines is 1. The van der Waals surface area contributed by atoms with Crippen molar-refractivity contribution >= 4 is 29.0 Å². The largest absolute Gasteiger partial charge is 0.442 e. The number of fused-ring (bicyclic) bond motifs is 1. The molecule has 1 N–H and O–H groups in total. The molecule has 0 aliphatic carbocycles. The molecule has 5 nitrogen and oxygen atoms in total. The third-order valence-electron chi connectivity index (χ3n) is 3.73. The van der Waals surface area contributed by atoms with Crippen molar-refractivity contribution in [2.24, 2.45) is 0 Å². The van der Waals surface area contributed by atoms with Crippen LogP contribution in [-0.2, 0) is 22.5 Å². The van der Waals surface area contributed by atoms with Gasteiger partial charge in [0.1, 0.15) is 6.10 Å². The number of hydrogen-bond donors (Lipinski definition) is 1. The minimum absolute atomic E-state index is 0.172. The molecule has 2 aliphatic rings. The predicted octanol–water partition coefficient (Wildman–Crippen LogP) is 2.02. The zero-order chi connectivity index (χ0) is 14.8. The lowest BCUT2D eigenvalue weighted by molar-refractivity contribution is 0.111. The molecule has 2 heterocycles. The molecule has 0 bridgehead atoms. The van der Waals surface area contributed by atoms with Gasteiger partial charge in [0.05, 0.1) is 31.3 Å². The van der Waals surface area contributed by atoms with Crippen LogP contribution < -0.4 is 10.2 Å². The van der Waals surface area contributed by atoms with E-state index in [-0.39, 0.29) is 12.2 Å². The first-order valence-corrected chi connectivity index (χ1v) is 7.46. The Balaban J connectivity index is 1.72. The molecule has 1 fully saturated rings. The molecule has 1 saturated heterocycles. The maximum absolute atomic E-state index is 12.0. The van der Waals surface area contributed by atoms with Crippen LogP contribution in [0.3, 0.4) is 0 Å². The normalized spacial score (nSPS) is 20.9. The molecule has 112 valence electrons. The molecule has 1 amide bonds. The van der Waals surface area contributed by atoms with Crippen LogP contribution in [0.5, 0.6) is 0 Å². The molecule has 0 spiro atoms. The standard InChI is InChI=1S/C15H18N2O3S/c1-10(21)16-7-14-8-17(15(18)20-14)13-3-2-12-9-19-5-4-11(12)6-13/h2-3,6,14H,4-5,7-9H2,1H3,(H,16,21). The van der Waals surface area contributed by atoms with Crippen molar-refractivity contribution in [1.82, 2.24) is 5.32 Å². The Kier molecular flexibility index (Phi) is 4.07. The van der Waals surface area contributed by atoms with Gasteiger partial charge >= 0.3 is 6.09 Å². The number of rotatable bonds is 3. The molecule has 3 rings (SSSR count). The van der Waals surface area contributed by atoms with Crippen LogP contribution in [0.2, 0.25) is 0 Å². The SMILES string of the molecule is CC(=S)NCC1CN(c2ccc3c(c2)CCOC3)C(=O)O1. The number of nitrogens with zero attached hydrogens (tertiary/aromatic N) is 1. The fourth-order valence-corrected chi connectivity index (χ4v) is 2.70. The smallest absolute Gasteiger partial charge is 0.414 e. The van der Waals surface area contributed by atoms with Crippen molar-refractivity contribution in [2.45, 2.75) is 26.1 Å². The maximum atomic E-state index is 12.0. The molecule has 2 aliphatic heterocycles. The summed E-state index contributed by atoms with van der Waals surface area (Å²) in [5.41, 5.74) is 3.34. The van der Waals surface area contributed by atoms with Gasteiger partial charge in [-0.1, -0.05) is 18.3 Å². The lowest BCUT2D eigenvalue weighted by Gasteiger charge is -2.20. The summed E-state index contributed by atoms with van der Waals surface area (Å²) in [4.78, 5) is 14.4. The van der Waals surface area contributed by atoms with Gasteiger partial charge in [-0.25, -0.2) is 4.79 Å². The van der Waals surface area contributed by atoms with E-state index < -0.39 is 0 Å². The summed E-state index contributed by atoms with van der Waals surface area (Å²) < 4.78 is 10.8. The number of carbonyl (C=O) groups is 1. The second kappa shape index (κ2) is 5.99. The van der Waals surface area contributed by atoms with Crippen LogP contribution in [0.25, 0.3) is 0 Å². The molecular formula is C15H18N2O3S. The number of ether oxygens (including phenoxy) is 2. The minimum atomic E-state index is -0.296. The lowest BCUT2D eigenvalue weighted by atomic mass is 10.0. The predicted molar refractivity (Wildman–Crippen MR) is 83.7 cm³/mol. The first-order chi connectivity index (χ1) is 10.1. The van der Waals surface area contributed by atoms with E-state index in [1.54, 1.807) is 4.90 Å². The second-order valence-corrected chi connectivity index (χ2v) is 5.92. The Morgan fingerprint density at radius 2 is 2.33 bits per heavy atom. The fourth-order valence-electron chi connectivity index (χ4n) is 2.61. The van der Waals surface area contributed by atoms with Crippen molar-refractivity contribution in [3.8, 4) is 0 Å². The Morgan fingerprint density at radius 3 is 3.14 bits per heavy atom. The van der Waals surface area contributed by atoms with E-state index in [1.807, 2.05) is 19.1 Å². The van der Waals surface area contributed by atoms with Crippen molar-refractivity contribution in [1.29, 1.82) is 0 Å². The molecule has 1 aromatic carbocycles. The average molecular weight is 306 g/mol. The van der Waals surface area contributed by atoms with Gasteiger partial charge in [-0.15, -0.1) is 0 Å². The van der Waals surface area contributed by atoms with Gasteiger partial charge in [0.15, 0.2) is 0 Å². The van der Waals surface area contributed by atoms with Gasteiger partial charge in [-0.3, -0.25) is 4.90 Å². The van der Waals surface area contributed by atoms with E-state index in [4.69, 9.17) is 21.7 Å². The molecule has 6 heteroatoms. The number of thiocarbonyl (C=S) groups is 1. The third-order valence-corrected chi connectivity index (χ3v) is 3.87. The zero-order valence-electron chi connectivity index (χ0n) is 11.9. The number of amides is 1. The van der Waals surface area contributed by atoms with Crippen molar-refractivity contribution in [3.05, 3.63) is 29.3 Å². The van der Waals surface area contributed by atoms with Crippen LogP contribution in [0, 0.1) is 0 Å². The number of cyclic esters (lactones) is 1. The highest BCUT2D eigenvalue weighted by atomic mass is 32.1. The summed E-state index contributed by atoms with van der Waals surface area (Å²) in [7, 11) is 0. The van der Waals surface area contributed by atoms with Gasteiger partial charge in [0.2, 0.25) is 0 Å². The van der Waals surface area contributed by atoms with Gasteiger partial charge in [-0.05, 0) is 36.6 Å². The summed E-state index contributed by atoms with van der Waals surface area (Å²) >= 11 is 4.97. The topological polar surface area (TPSA) is 50.8 Å². The fraction of sp³-hybridized carbons (Fsp3) is 0.467. The quantitative estimate of drug-likeness (QED) is 0.866. The summed E-state index contributed by atoms with van der Waals surface area (Å²) in [5, 5.41) is 3.04. The molecule has 1 atom stereocenters. The number of carbonyl (C=O) groups excluding carboxylic acids is 1. The van der Waals surface area contributed by atoms with E-state index in [1.165, 1.54) is 11.1 Å². The number of hydrogen-bond acceptors (Lipinski definition) is 4. The second-order valence-electron chi connectivity index (χ2n) is 5.31. The first-order valence-electron chi connectivity index (χ1n) is 7.05. The molecule has 21 heavy (non-hydrogen) atoms. The summed E-state index contributed by atoms with van der Waals surface area (Å²) in [6, 6.07) is 6.05. The highest BCUT2D eigenvalue weighted by molar-refractivity contribution is 7.80. The van der Waals surface area contributed by atoms with Crippen molar-refractivity contribution in [3.63, 3.8) is 0 Å². The monoisotopic (exact) mass is 306 g/mol. The van der Waals surface area contributed by atoms with Crippen LogP contribution >= 0.6 is 12.2 Å². The zero-order valence-corrected chi connectivity index (χ0v) is 12.7. The molecule has 0 saturated carbocycles. The summed E-state index contributed by atoms with van der Waals surface area (Å²) in [6.07, 6.45) is 0.423. The molecule has 1 aromatic rings. The van der Waals surface area contributed by atoms with Gasteiger partial charge in [0.25, 0.3) is 0 Å².